The SMILES string of the molecule is CC1=C(C(N)=O)N(S(C)(=O)=O)C(N(Cc2cc3ccccc3s2)c2ccc(C#N)cc2)S1. The number of hydrogen-bond donors (Lipinski definition) is 1. The minimum atomic E-state index is -3.80. The van der Waals surface area contributed by atoms with Crippen LogP contribution >= 0.6 is 23.1 Å². The highest BCUT2D eigenvalue weighted by molar-refractivity contribution is 8.04. The first kappa shape index (κ1) is 22.2. The van der Waals surface area contributed by atoms with Crippen molar-refractivity contribution in [3.05, 3.63) is 75.6 Å². The highest BCUT2D eigenvalue weighted by atomic mass is 32.2. The molecule has 3 aromatic rings. The molecule has 1 unspecified atom stereocenters. The summed E-state index contributed by atoms with van der Waals surface area (Å²) in [4.78, 5) is 15.6. The Hall–Kier alpha value is -3.00. The Morgan fingerprint density at radius 1 is 1.22 bits per heavy atom. The van der Waals surface area contributed by atoms with E-state index in [0.29, 0.717) is 17.0 Å². The predicted octanol–water partition coefficient (Wildman–Crippen LogP) is 3.79. The smallest absolute Gasteiger partial charge is 0.266 e. The van der Waals surface area contributed by atoms with Crippen LogP contribution < -0.4 is 10.6 Å². The summed E-state index contributed by atoms with van der Waals surface area (Å²) in [6, 6.07) is 19.1. The number of anilines is 1. The topological polar surface area (TPSA) is 108 Å². The second-order valence-electron chi connectivity index (χ2n) is 7.31. The zero-order valence-corrected chi connectivity index (χ0v) is 19.8. The number of primary amides is 1. The highest BCUT2D eigenvalue weighted by Gasteiger charge is 2.42. The lowest BCUT2D eigenvalue weighted by Crippen LogP contribution is -2.47. The number of rotatable bonds is 6. The van der Waals surface area contributed by atoms with Gasteiger partial charge in [0, 0.05) is 20.2 Å². The van der Waals surface area contributed by atoms with E-state index < -0.39 is 21.4 Å². The van der Waals surface area contributed by atoms with Crippen LogP contribution in [0.4, 0.5) is 5.69 Å². The van der Waals surface area contributed by atoms with Gasteiger partial charge in [-0.25, -0.2) is 12.7 Å². The second-order valence-corrected chi connectivity index (χ2v) is 11.6. The van der Waals surface area contributed by atoms with Crippen molar-refractivity contribution < 1.29 is 13.2 Å². The second kappa shape index (κ2) is 8.50. The lowest BCUT2D eigenvalue weighted by molar-refractivity contribution is -0.115. The van der Waals surface area contributed by atoms with Gasteiger partial charge < -0.3 is 10.6 Å². The zero-order chi connectivity index (χ0) is 23.0. The lowest BCUT2D eigenvalue weighted by atomic mass is 10.2. The van der Waals surface area contributed by atoms with Crippen molar-refractivity contribution in [2.24, 2.45) is 5.73 Å². The van der Waals surface area contributed by atoms with E-state index in [9.17, 15) is 13.2 Å². The van der Waals surface area contributed by atoms with E-state index in [1.165, 1.54) is 11.8 Å². The molecule has 1 aromatic heterocycles. The number of carbonyl (C=O) groups is 1. The molecule has 4 rings (SSSR count). The Morgan fingerprint density at radius 2 is 1.91 bits per heavy atom. The number of allylic oxidation sites excluding steroid dienone is 1. The van der Waals surface area contributed by atoms with Crippen molar-refractivity contribution in [2.75, 3.05) is 11.2 Å². The molecule has 1 amide bonds. The maximum atomic E-state index is 12.7. The van der Waals surface area contributed by atoms with Gasteiger partial charge in [0.2, 0.25) is 10.0 Å². The molecule has 0 saturated heterocycles. The molecule has 0 spiro atoms. The average molecular weight is 485 g/mol. The van der Waals surface area contributed by atoms with Crippen LogP contribution in [-0.4, -0.2) is 30.4 Å². The summed E-state index contributed by atoms with van der Waals surface area (Å²) < 4.78 is 27.7. The standard InChI is InChI=1S/C22H20N4O3S3/c1-14-20(21(24)27)26(32(2,28)29)22(30-14)25(17-9-7-15(12-23)8-10-17)13-18-11-16-5-3-4-6-19(16)31-18/h3-11,22H,13H2,1-2H3,(H2,24,27). The number of nitrogens with zero attached hydrogens (tertiary/aromatic N) is 3. The van der Waals surface area contributed by atoms with Gasteiger partial charge in [-0.15, -0.1) is 11.3 Å². The van der Waals surface area contributed by atoms with E-state index in [4.69, 9.17) is 11.0 Å². The Balaban J connectivity index is 1.81. The van der Waals surface area contributed by atoms with Gasteiger partial charge in [-0.05, 0) is 48.7 Å². The van der Waals surface area contributed by atoms with Crippen molar-refractivity contribution >= 4 is 54.8 Å². The van der Waals surface area contributed by atoms with Crippen molar-refractivity contribution in [1.82, 2.24) is 4.31 Å². The van der Waals surface area contributed by atoms with E-state index in [0.717, 1.165) is 31.2 Å². The fourth-order valence-corrected chi connectivity index (χ4v) is 7.51. The molecule has 0 radical (unpaired) electrons. The van der Waals surface area contributed by atoms with Crippen molar-refractivity contribution in [3.63, 3.8) is 0 Å². The molecule has 1 aliphatic heterocycles. The number of benzene rings is 2. The molecule has 2 N–H and O–H groups in total. The quantitative estimate of drug-likeness (QED) is 0.570. The minimum Gasteiger partial charge on any atom is -0.364 e. The molecular weight excluding hydrogens is 464 g/mol. The van der Waals surface area contributed by atoms with Crippen LogP contribution in [0, 0.1) is 11.3 Å². The van der Waals surface area contributed by atoms with E-state index >= 15 is 0 Å². The highest BCUT2D eigenvalue weighted by Crippen LogP contribution is 2.43. The summed E-state index contributed by atoms with van der Waals surface area (Å²) >= 11 is 2.89. The van der Waals surface area contributed by atoms with E-state index in [1.807, 2.05) is 29.2 Å². The zero-order valence-electron chi connectivity index (χ0n) is 17.3. The predicted molar refractivity (Wildman–Crippen MR) is 129 cm³/mol. The molecular formula is C22H20N4O3S3. The number of fused-ring (bicyclic) bond motifs is 1. The van der Waals surface area contributed by atoms with Crippen LogP contribution in [0.3, 0.4) is 0 Å². The van der Waals surface area contributed by atoms with Gasteiger partial charge >= 0.3 is 0 Å². The van der Waals surface area contributed by atoms with Crippen LogP contribution in [0.15, 0.2) is 65.2 Å². The third kappa shape index (κ3) is 4.19. The van der Waals surface area contributed by atoms with Crippen LogP contribution in [0.1, 0.15) is 17.4 Å². The Labute approximate surface area is 194 Å². The van der Waals surface area contributed by atoms with Crippen LogP contribution in [0.5, 0.6) is 0 Å². The fraction of sp³-hybridized carbons (Fsp3) is 0.182. The van der Waals surface area contributed by atoms with Crippen LogP contribution in [0.25, 0.3) is 10.1 Å². The number of thiophene rings is 1. The van der Waals surface area contributed by atoms with E-state index in [1.54, 1.807) is 42.5 Å². The van der Waals surface area contributed by atoms with E-state index in [2.05, 4.69) is 12.1 Å². The van der Waals surface area contributed by atoms with Gasteiger partial charge in [0.25, 0.3) is 5.91 Å². The van der Waals surface area contributed by atoms with Crippen molar-refractivity contribution in [1.29, 1.82) is 5.26 Å². The maximum Gasteiger partial charge on any atom is 0.266 e. The van der Waals surface area contributed by atoms with Gasteiger partial charge in [0.1, 0.15) is 5.70 Å². The van der Waals surface area contributed by atoms with Crippen molar-refractivity contribution in [3.8, 4) is 6.07 Å². The molecule has 0 fully saturated rings. The molecule has 1 atom stereocenters. The van der Waals surface area contributed by atoms with Crippen LogP contribution in [0.2, 0.25) is 0 Å². The summed E-state index contributed by atoms with van der Waals surface area (Å²) in [5.41, 5.74) is 6.03. The summed E-state index contributed by atoms with van der Waals surface area (Å²) in [5.74, 6) is -0.787. The largest absolute Gasteiger partial charge is 0.364 e. The molecule has 2 aromatic carbocycles. The molecule has 164 valence electrons. The molecule has 7 nitrogen and oxygen atoms in total. The summed E-state index contributed by atoms with van der Waals surface area (Å²) in [7, 11) is -3.80. The average Bonchev–Trinajstić information content (AvgIpc) is 3.32. The lowest BCUT2D eigenvalue weighted by Gasteiger charge is -2.36. The molecule has 0 bridgehead atoms. The number of hydrogen-bond acceptors (Lipinski definition) is 7. The van der Waals surface area contributed by atoms with Gasteiger partial charge in [-0.1, -0.05) is 30.0 Å². The first-order valence-electron chi connectivity index (χ1n) is 9.60. The molecule has 0 saturated carbocycles. The minimum absolute atomic E-state index is 0.0162. The molecule has 2 heterocycles. The van der Waals surface area contributed by atoms with Gasteiger partial charge in [0.05, 0.1) is 24.4 Å². The molecule has 1 aliphatic rings. The Bertz CT molecular complexity index is 1340. The first-order valence-corrected chi connectivity index (χ1v) is 13.1. The number of amides is 1. The van der Waals surface area contributed by atoms with Crippen LogP contribution in [-0.2, 0) is 21.4 Å². The maximum absolute atomic E-state index is 12.7. The number of nitriles is 1. The normalized spacial score (nSPS) is 16.4. The number of sulfonamides is 1. The number of nitrogens with two attached hydrogens (primary N) is 1. The number of thioether (sulfide) groups is 1. The molecule has 32 heavy (non-hydrogen) atoms. The Morgan fingerprint density at radius 3 is 2.50 bits per heavy atom. The van der Waals surface area contributed by atoms with Gasteiger partial charge in [-0.3, -0.25) is 4.79 Å². The molecule has 10 heteroatoms. The van der Waals surface area contributed by atoms with E-state index in [-0.39, 0.29) is 5.70 Å². The Kier molecular flexibility index (Phi) is 5.90. The summed E-state index contributed by atoms with van der Waals surface area (Å²) in [6.07, 6.45) is 1.07. The monoisotopic (exact) mass is 484 g/mol. The third-order valence-corrected chi connectivity index (χ3v) is 8.58. The van der Waals surface area contributed by atoms with Gasteiger partial charge in [-0.2, -0.15) is 5.26 Å². The fourth-order valence-electron chi connectivity index (χ4n) is 3.64. The summed E-state index contributed by atoms with van der Waals surface area (Å²) in [5, 5.41) is 10.3. The number of carbonyl (C=O) groups excluding carboxylic acids is 1. The summed E-state index contributed by atoms with van der Waals surface area (Å²) in [6.45, 7) is 2.10. The first-order chi connectivity index (χ1) is 15.2. The molecule has 0 aliphatic carbocycles. The van der Waals surface area contributed by atoms with Gasteiger partial charge in [0.15, 0.2) is 5.50 Å². The van der Waals surface area contributed by atoms with Crippen molar-refractivity contribution in [2.45, 2.75) is 19.0 Å². The third-order valence-electron chi connectivity index (χ3n) is 5.02.